The van der Waals surface area contributed by atoms with Crippen LogP contribution in [0.4, 0.5) is 5.69 Å². The van der Waals surface area contributed by atoms with E-state index < -0.39 is 0 Å². The molecule has 0 radical (unpaired) electrons. The second kappa shape index (κ2) is 4.49. The molecule has 0 fully saturated rings. The minimum absolute atomic E-state index is 0.186. The van der Waals surface area contributed by atoms with Gasteiger partial charge in [-0.1, -0.05) is 30.3 Å². The van der Waals surface area contributed by atoms with Gasteiger partial charge >= 0.3 is 0 Å². The second-order valence-electron chi connectivity index (χ2n) is 3.99. The Bertz CT molecular complexity index is 554. The predicted octanol–water partition coefficient (Wildman–Crippen LogP) is 2.58. The number of hydrogen-bond donors (Lipinski definition) is 1. The zero-order valence-electron chi connectivity index (χ0n) is 9.76. The Morgan fingerprint density at radius 3 is 2.61 bits per heavy atom. The van der Waals surface area contributed by atoms with Crippen molar-refractivity contribution in [1.82, 2.24) is 0 Å². The number of nitrogens with two attached hydrogens (primary N) is 1. The number of benzene rings is 2. The van der Waals surface area contributed by atoms with Crippen molar-refractivity contribution >= 4 is 5.69 Å². The van der Waals surface area contributed by atoms with Gasteiger partial charge in [0.15, 0.2) is 11.5 Å². The molecule has 1 heterocycles. The first-order valence-corrected chi connectivity index (χ1v) is 5.69. The molecule has 18 heavy (non-hydrogen) atoms. The van der Waals surface area contributed by atoms with Crippen LogP contribution in [0.3, 0.4) is 0 Å². The van der Waals surface area contributed by atoms with Crippen LogP contribution < -0.4 is 19.9 Å². The summed E-state index contributed by atoms with van der Waals surface area (Å²) in [5.41, 5.74) is 7.45. The molecule has 1 aliphatic rings. The van der Waals surface area contributed by atoms with E-state index in [-0.39, 0.29) is 6.79 Å². The van der Waals surface area contributed by atoms with Gasteiger partial charge in [0.25, 0.3) is 0 Å². The highest BCUT2D eigenvalue weighted by molar-refractivity contribution is 5.66. The van der Waals surface area contributed by atoms with Crippen molar-refractivity contribution in [2.75, 3.05) is 12.5 Å². The van der Waals surface area contributed by atoms with E-state index in [4.69, 9.17) is 19.9 Å². The third-order valence-corrected chi connectivity index (χ3v) is 2.75. The van der Waals surface area contributed by atoms with Gasteiger partial charge in [0.1, 0.15) is 6.61 Å². The summed E-state index contributed by atoms with van der Waals surface area (Å²) in [5.74, 6) is 1.81. The molecule has 0 atom stereocenters. The average Bonchev–Trinajstić information content (AvgIpc) is 2.90. The molecular formula is C14H13NO3. The lowest BCUT2D eigenvalue weighted by molar-refractivity contribution is 0.169. The fraction of sp³-hybridized carbons (Fsp3) is 0.143. The SMILES string of the molecule is Nc1ccc(OCc2ccccc2)c2c1OCO2. The first kappa shape index (κ1) is 10.8. The zero-order chi connectivity index (χ0) is 12.4. The first-order chi connectivity index (χ1) is 8.84. The molecule has 0 saturated heterocycles. The molecule has 2 aromatic rings. The van der Waals surface area contributed by atoms with E-state index in [0.29, 0.717) is 29.5 Å². The molecule has 0 unspecified atom stereocenters. The average molecular weight is 243 g/mol. The topological polar surface area (TPSA) is 53.7 Å². The molecule has 0 spiro atoms. The highest BCUT2D eigenvalue weighted by Crippen LogP contribution is 2.45. The van der Waals surface area contributed by atoms with Gasteiger partial charge in [0.05, 0.1) is 5.69 Å². The Hall–Kier alpha value is -2.36. The van der Waals surface area contributed by atoms with Crippen LogP contribution in [0.25, 0.3) is 0 Å². The van der Waals surface area contributed by atoms with Crippen molar-refractivity contribution in [3.63, 3.8) is 0 Å². The lowest BCUT2D eigenvalue weighted by atomic mass is 10.2. The van der Waals surface area contributed by atoms with Crippen LogP contribution in [0.2, 0.25) is 0 Å². The molecule has 0 amide bonds. The Morgan fingerprint density at radius 2 is 1.78 bits per heavy atom. The molecule has 2 aromatic carbocycles. The second-order valence-corrected chi connectivity index (χ2v) is 3.99. The van der Waals surface area contributed by atoms with Gasteiger partial charge < -0.3 is 19.9 Å². The third kappa shape index (κ3) is 1.93. The number of hydrogen-bond acceptors (Lipinski definition) is 4. The van der Waals surface area contributed by atoms with Crippen molar-refractivity contribution in [2.45, 2.75) is 6.61 Å². The van der Waals surface area contributed by atoms with E-state index in [2.05, 4.69) is 0 Å². The maximum atomic E-state index is 5.79. The van der Waals surface area contributed by atoms with Crippen molar-refractivity contribution in [3.05, 3.63) is 48.0 Å². The monoisotopic (exact) mass is 243 g/mol. The highest BCUT2D eigenvalue weighted by atomic mass is 16.7. The quantitative estimate of drug-likeness (QED) is 0.842. The molecule has 0 bridgehead atoms. The van der Waals surface area contributed by atoms with E-state index in [1.54, 1.807) is 12.1 Å². The molecule has 4 heteroatoms. The number of ether oxygens (including phenoxy) is 3. The lowest BCUT2D eigenvalue weighted by Crippen LogP contribution is -1.97. The molecule has 3 rings (SSSR count). The number of nitrogen functional groups attached to an aromatic ring is 1. The van der Waals surface area contributed by atoms with Gasteiger partial charge in [-0.2, -0.15) is 0 Å². The van der Waals surface area contributed by atoms with Crippen LogP contribution >= 0.6 is 0 Å². The van der Waals surface area contributed by atoms with Gasteiger partial charge in [-0.15, -0.1) is 0 Å². The summed E-state index contributed by atoms with van der Waals surface area (Å²) in [7, 11) is 0. The maximum Gasteiger partial charge on any atom is 0.231 e. The van der Waals surface area contributed by atoms with E-state index in [1.165, 1.54) is 0 Å². The minimum Gasteiger partial charge on any atom is -0.485 e. The standard InChI is InChI=1S/C14H13NO3/c15-11-6-7-12(14-13(11)17-9-18-14)16-8-10-4-2-1-3-5-10/h1-7H,8-9,15H2. The van der Waals surface area contributed by atoms with Gasteiger partial charge in [-0.05, 0) is 17.7 Å². The van der Waals surface area contributed by atoms with Gasteiger partial charge in [-0.25, -0.2) is 0 Å². The molecular weight excluding hydrogens is 230 g/mol. The Labute approximate surface area is 105 Å². The normalized spacial score (nSPS) is 12.4. The fourth-order valence-electron chi connectivity index (χ4n) is 1.84. The van der Waals surface area contributed by atoms with Crippen LogP contribution in [0.1, 0.15) is 5.56 Å². The number of anilines is 1. The molecule has 1 aliphatic heterocycles. The van der Waals surface area contributed by atoms with E-state index in [9.17, 15) is 0 Å². The third-order valence-electron chi connectivity index (χ3n) is 2.75. The molecule has 0 aromatic heterocycles. The van der Waals surface area contributed by atoms with Crippen LogP contribution in [-0.2, 0) is 6.61 Å². The first-order valence-electron chi connectivity index (χ1n) is 5.69. The van der Waals surface area contributed by atoms with Crippen LogP contribution in [0, 0.1) is 0 Å². The van der Waals surface area contributed by atoms with Gasteiger partial charge in [0.2, 0.25) is 12.5 Å². The molecule has 92 valence electrons. The zero-order valence-corrected chi connectivity index (χ0v) is 9.76. The Kier molecular flexibility index (Phi) is 2.68. The summed E-state index contributed by atoms with van der Waals surface area (Å²) in [6, 6.07) is 13.5. The molecule has 4 nitrogen and oxygen atoms in total. The summed E-state index contributed by atoms with van der Waals surface area (Å²) in [4.78, 5) is 0. The Balaban J connectivity index is 1.80. The summed E-state index contributed by atoms with van der Waals surface area (Å²) in [6.45, 7) is 0.672. The highest BCUT2D eigenvalue weighted by Gasteiger charge is 2.21. The minimum atomic E-state index is 0.186. The van der Waals surface area contributed by atoms with Crippen molar-refractivity contribution in [2.24, 2.45) is 0 Å². The molecule has 2 N–H and O–H groups in total. The van der Waals surface area contributed by atoms with E-state index >= 15 is 0 Å². The maximum absolute atomic E-state index is 5.79. The lowest BCUT2D eigenvalue weighted by Gasteiger charge is -2.09. The fourth-order valence-corrected chi connectivity index (χ4v) is 1.84. The summed E-state index contributed by atoms with van der Waals surface area (Å²) >= 11 is 0. The van der Waals surface area contributed by atoms with E-state index in [0.717, 1.165) is 5.56 Å². The van der Waals surface area contributed by atoms with Crippen LogP contribution in [-0.4, -0.2) is 6.79 Å². The van der Waals surface area contributed by atoms with Crippen molar-refractivity contribution in [1.29, 1.82) is 0 Å². The van der Waals surface area contributed by atoms with Crippen LogP contribution in [0.5, 0.6) is 17.2 Å². The summed E-state index contributed by atoms with van der Waals surface area (Å²) < 4.78 is 16.4. The predicted molar refractivity (Wildman–Crippen MR) is 67.8 cm³/mol. The largest absolute Gasteiger partial charge is 0.485 e. The van der Waals surface area contributed by atoms with Gasteiger partial charge in [-0.3, -0.25) is 0 Å². The van der Waals surface area contributed by atoms with E-state index in [1.807, 2.05) is 30.3 Å². The molecule has 0 aliphatic carbocycles. The Morgan fingerprint density at radius 1 is 1.00 bits per heavy atom. The summed E-state index contributed by atoms with van der Waals surface area (Å²) in [6.07, 6.45) is 0. The van der Waals surface area contributed by atoms with Crippen LogP contribution in [0.15, 0.2) is 42.5 Å². The number of fused-ring (bicyclic) bond motifs is 1. The smallest absolute Gasteiger partial charge is 0.231 e. The van der Waals surface area contributed by atoms with Crippen molar-refractivity contribution < 1.29 is 14.2 Å². The molecule has 0 saturated carbocycles. The number of rotatable bonds is 3. The van der Waals surface area contributed by atoms with Crippen molar-refractivity contribution in [3.8, 4) is 17.2 Å². The van der Waals surface area contributed by atoms with Gasteiger partial charge in [0, 0.05) is 0 Å². The summed E-state index contributed by atoms with van der Waals surface area (Å²) in [5, 5.41) is 0.